The van der Waals surface area contributed by atoms with Crippen LogP contribution in [0.25, 0.3) is 6.08 Å². The summed E-state index contributed by atoms with van der Waals surface area (Å²) >= 11 is 2.96. The van der Waals surface area contributed by atoms with Gasteiger partial charge in [-0.1, -0.05) is 19.3 Å². The monoisotopic (exact) mass is 372 g/mol. The third kappa shape index (κ3) is 3.43. The number of thiazole rings is 1. The highest BCUT2D eigenvalue weighted by Gasteiger charge is 2.38. The first-order chi connectivity index (χ1) is 12.2. The van der Waals surface area contributed by atoms with E-state index in [0.717, 1.165) is 28.6 Å². The molecule has 2 aromatic rings. The van der Waals surface area contributed by atoms with Crippen LogP contribution in [0.5, 0.6) is 0 Å². The Morgan fingerprint density at radius 1 is 1.32 bits per heavy atom. The maximum atomic E-state index is 13.1. The van der Waals surface area contributed by atoms with Gasteiger partial charge in [-0.2, -0.15) is 4.99 Å². The number of rotatable bonds is 3. The Morgan fingerprint density at radius 3 is 2.84 bits per heavy atom. The van der Waals surface area contributed by atoms with E-state index in [4.69, 9.17) is 0 Å². The van der Waals surface area contributed by atoms with Gasteiger partial charge >= 0.3 is 0 Å². The molecule has 1 amide bonds. The quantitative estimate of drug-likeness (QED) is 0.750. The first-order valence-corrected chi connectivity index (χ1v) is 10.2. The molecular weight excluding hydrogens is 352 g/mol. The standard InChI is InChI=1S/C18H20N4OS2/c1-21-10-5-8-14(21)12-15-16(23)22(13-6-3-2-4-7-13)18(25-15)20-17-19-9-11-24-17/h5,8-13H,2-4,6-7H2,1H3/b15-12+,20-18+. The van der Waals surface area contributed by atoms with Gasteiger partial charge in [-0.15, -0.1) is 11.3 Å². The molecule has 5 nitrogen and oxygen atoms in total. The highest BCUT2D eigenvalue weighted by atomic mass is 32.2. The smallest absolute Gasteiger partial charge is 0.267 e. The molecule has 0 N–H and O–H groups in total. The summed E-state index contributed by atoms with van der Waals surface area (Å²) in [5.41, 5.74) is 1.02. The van der Waals surface area contributed by atoms with Crippen molar-refractivity contribution in [1.29, 1.82) is 0 Å². The van der Waals surface area contributed by atoms with Gasteiger partial charge in [0.05, 0.1) is 4.91 Å². The van der Waals surface area contributed by atoms with Crippen LogP contribution < -0.4 is 0 Å². The van der Waals surface area contributed by atoms with Crippen LogP contribution in [0.2, 0.25) is 0 Å². The topological polar surface area (TPSA) is 50.5 Å². The Balaban J connectivity index is 1.69. The van der Waals surface area contributed by atoms with E-state index in [1.54, 1.807) is 6.20 Å². The van der Waals surface area contributed by atoms with Crippen LogP contribution in [0.3, 0.4) is 0 Å². The van der Waals surface area contributed by atoms with E-state index in [9.17, 15) is 4.79 Å². The van der Waals surface area contributed by atoms with Crippen molar-refractivity contribution in [2.75, 3.05) is 0 Å². The van der Waals surface area contributed by atoms with Crippen LogP contribution in [-0.4, -0.2) is 31.6 Å². The fourth-order valence-electron chi connectivity index (χ4n) is 3.34. The molecule has 1 saturated heterocycles. The van der Waals surface area contributed by atoms with Crippen molar-refractivity contribution >= 4 is 45.4 Å². The lowest BCUT2D eigenvalue weighted by Gasteiger charge is -2.30. The SMILES string of the molecule is Cn1cccc1/C=C1/S/C(=N/c2nccs2)N(C2CCCCC2)C1=O. The van der Waals surface area contributed by atoms with Crippen molar-refractivity contribution in [3.8, 4) is 0 Å². The lowest BCUT2D eigenvalue weighted by atomic mass is 9.94. The summed E-state index contributed by atoms with van der Waals surface area (Å²) in [5.74, 6) is 0.0772. The first kappa shape index (κ1) is 16.6. The Labute approximate surface area is 155 Å². The van der Waals surface area contributed by atoms with Gasteiger partial charge in [0.1, 0.15) is 0 Å². The molecule has 2 aromatic heterocycles. The summed E-state index contributed by atoms with van der Waals surface area (Å²) in [5, 5.41) is 3.38. The number of aryl methyl sites for hydroxylation is 1. The molecular formula is C18H20N4OS2. The van der Waals surface area contributed by atoms with Gasteiger partial charge in [-0.05, 0) is 42.8 Å². The van der Waals surface area contributed by atoms with Crippen LogP contribution in [0.4, 0.5) is 5.13 Å². The third-order valence-corrected chi connectivity index (χ3v) is 6.30. The molecule has 0 atom stereocenters. The number of carbonyl (C=O) groups is 1. The second-order valence-electron chi connectivity index (χ2n) is 6.33. The summed E-state index contributed by atoms with van der Waals surface area (Å²) in [7, 11) is 1.99. The van der Waals surface area contributed by atoms with Crippen LogP contribution in [0.1, 0.15) is 37.8 Å². The molecule has 130 valence electrons. The molecule has 1 saturated carbocycles. The Morgan fingerprint density at radius 2 is 2.16 bits per heavy atom. The molecule has 4 rings (SSSR count). The summed E-state index contributed by atoms with van der Waals surface area (Å²) in [6.07, 6.45) is 11.4. The van der Waals surface area contributed by atoms with E-state index in [1.807, 2.05) is 46.3 Å². The summed E-state index contributed by atoms with van der Waals surface area (Å²) in [4.78, 5) is 24.7. The van der Waals surface area contributed by atoms with Crippen LogP contribution in [-0.2, 0) is 11.8 Å². The van der Waals surface area contributed by atoms with E-state index in [0.29, 0.717) is 5.13 Å². The summed E-state index contributed by atoms with van der Waals surface area (Å²) < 4.78 is 2.02. The highest BCUT2D eigenvalue weighted by molar-refractivity contribution is 8.18. The van der Waals surface area contributed by atoms with Crippen molar-refractivity contribution in [1.82, 2.24) is 14.5 Å². The number of carbonyl (C=O) groups excluding carboxylic acids is 1. The first-order valence-electron chi connectivity index (χ1n) is 8.55. The molecule has 2 aliphatic rings. The largest absolute Gasteiger partial charge is 0.351 e. The van der Waals surface area contributed by atoms with Crippen molar-refractivity contribution < 1.29 is 4.79 Å². The number of thioether (sulfide) groups is 1. The minimum Gasteiger partial charge on any atom is -0.351 e. The normalized spacial score (nSPS) is 22.4. The van der Waals surface area contributed by atoms with Crippen LogP contribution in [0, 0.1) is 0 Å². The minimum absolute atomic E-state index is 0.0772. The maximum Gasteiger partial charge on any atom is 0.267 e. The predicted octanol–water partition coefficient (Wildman–Crippen LogP) is 4.42. The lowest BCUT2D eigenvalue weighted by molar-refractivity contribution is -0.124. The summed E-state index contributed by atoms with van der Waals surface area (Å²) in [6.45, 7) is 0. The number of amidine groups is 1. The molecule has 2 fully saturated rings. The Bertz CT molecular complexity index is 816. The van der Waals surface area contributed by atoms with E-state index >= 15 is 0 Å². The molecule has 0 bridgehead atoms. The number of hydrogen-bond donors (Lipinski definition) is 0. The number of aromatic nitrogens is 2. The van der Waals surface area contributed by atoms with E-state index in [2.05, 4.69) is 9.98 Å². The third-order valence-electron chi connectivity index (χ3n) is 4.65. The minimum atomic E-state index is 0.0772. The van der Waals surface area contributed by atoms with E-state index in [1.165, 1.54) is 42.4 Å². The maximum absolute atomic E-state index is 13.1. The van der Waals surface area contributed by atoms with Crippen molar-refractivity contribution in [3.63, 3.8) is 0 Å². The highest BCUT2D eigenvalue weighted by Crippen LogP contribution is 2.38. The van der Waals surface area contributed by atoms with Gasteiger partial charge in [0, 0.05) is 36.6 Å². The Kier molecular flexibility index (Phi) is 4.76. The Hall–Kier alpha value is -1.86. The van der Waals surface area contributed by atoms with Crippen molar-refractivity contribution in [3.05, 3.63) is 40.5 Å². The second kappa shape index (κ2) is 7.17. The molecule has 0 aromatic carbocycles. The van der Waals surface area contributed by atoms with Gasteiger partial charge in [0.2, 0.25) is 5.13 Å². The number of nitrogens with zero attached hydrogens (tertiary/aromatic N) is 4. The number of aliphatic imine (C=N–C) groups is 1. The molecule has 7 heteroatoms. The van der Waals surface area contributed by atoms with Gasteiger partial charge < -0.3 is 4.57 Å². The number of amides is 1. The number of hydrogen-bond acceptors (Lipinski definition) is 5. The molecule has 25 heavy (non-hydrogen) atoms. The fourth-order valence-corrected chi connectivity index (χ4v) is 4.92. The zero-order valence-electron chi connectivity index (χ0n) is 14.1. The molecule has 1 aliphatic heterocycles. The van der Waals surface area contributed by atoms with Crippen LogP contribution in [0.15, 0.2) is 39.8 Å². The van der Waals surface area contributed by atoms with Gasteiger partial charge in [0.15, 0.2) is 5.17 Å². The van der Waals surface area contributed by atoms with Crippen molar-refractivity contribution in [2.24, 2.45) is 12.0 Å². The fraction of sp³-hybridized carbons (Fsp3) is 0.389. The predicted molar refractivity (Wildman–Crippen MR) is 104 cm³/mol. The van der Waals surface area contributed by atoms with Crippen LogP contribution >= 0.6 is 23.1 Å². The zero-order valence-corrected chi connectivity index (χ0v) is 15.7. The van der Waals surface area contributed by atoms with Gasteiger partial charge in [0.25, 0.3) is 5.91 Å². The molecule has 0 unspecified atom stereocenters. The van der Waals surface area contributed by atoms with E-state index < -0.39 is 0 Å². The van der Waals surface area contributed by atoms with Gasteiger partial charge in [-0.25, -0.2) is 4.98 Å². The average molecular weight is 373 g/mol. The lowest BCUT2D eigenvalue weighted by Crippen LogP contribution is -2.40. The average Bonchev–Trinajstić information content (AvgIpc) is 3.33. The molecule has 1 aliphatic carbocycles. The van der Waals surface area contributed by atoms with E-state index in [-0.39, 0.29) is 11.9 Å². The second-order valence-corrected chi connectivity index (χ2v) is 8.21. The molecule has 0 spiro atoms. The van der Waals surface area contributed by atoms with Gasteiger partial charge in [-0.3, -0.25) is 9.69 Å². The molecule has 0 radical (unpaired) electrons. The zero-order chi connectivity index (χ0) is 17.2. The molecule has 3 heterocycles. The van der Waals surface area contributed by atoms with Crippen molar-refractivity contribution in [2.45, 2.75) is 38.1 Å². The summed E-state index contributed by atoms with van der Waals surface area (Å²) in [6, 6.07) is 4.26.